The van der Waals surface area contributed by atoms with Crippen LogP contribution in [0.3, 0.4) is 0 Å². The number of amides is 1. The van der Waals surface area contributed by atoms with Crippen molar-refractivity contribution in [1.82, 2.24) is 10.3 Å². The number of nitro groups is 1. The fraction of sp³-hybridized carbons (Fsp3) is 0.467. The van der Waals surface area contributed by atoms with Crippen LogP contribution in [0, 0.1) is 10.1 Å². The minimum absolute atomic E-state index is 0.0289. The molecule has 1 aromatic heterocycles. The maximum Gasteiger partial charge on any atom is 0.407 e. The largest absolute Gasteiger partial charge is 0.476 e. The Balaban J connectivity index is 2.51. The Morgan fingerprint density at radius 2 is 2.17 bits per heavy atom. The molecule has 0 saturated carbocycles. The zero-order valence-electron chi connectivity index (χ0n) is 13.7. The average Bonchev–Trinajstić information content (AvgIpc) is 2.44. The summed E-state index contributed by atoms with van der Waals surface area (Å²) in [4.78, 5) is 25.7. The van der Waals surface area contributed by atoms with Crippen molar-refractivity contribution < 1.29 is 19.2 Å². The van der Waals surface area contributed by atoms with Crippen molar-refractivity contribution in [2.24, 2.45) is 0 Å². The van der Waals surface area contributed by atoms with Crippen molar-refractivity contribution >= 4 is 17.9 Å². The highest BCUT2D eigenvalue weighted by Crippen LogP contribution is 2.24. The van der Waals surface area contributed by atoms with Gasteiger partial charge in [-0.2, -0.15) is 0 Å². The molecular formula is C15H21N3O5. The predicted octanol–water partition coefficient (Wildman–Crippen LogP) is 2.93. The quantitative estimate of drug-likeness (QED) is 0.490. The van der Waals surface area contributed by atoms with Gasteiger partial charge in [-0.15, -0.1) is 0 Å². The molecule has 1 rings (SSSR count). The Morgan fingerprint density at radius 3 is 2.74 bits per heavy atom. The van der Waals surface area contributed by atoms with E-state index in [2.05, 4.69) is 10.3 Å². The molecule has 0 saturated heterocycles. The van der Waals surface area contributed by atoms with Crippen LogP contribution in [0.15, 0.2) is 18.3 Å². The molecule has 0 fully saturated rings. The molecular weight excluding hydrogens is 302 g/mol. The first-order valence-corrected chi connectivity index (χ1v) is 7.05. The highest BCUT2D eigenvalue weighted by molar-refractivity contribution is 5.67. The van der Waals surface area contributed by atoms with Gasteiger partial charge < -0.3 is 14.8 Å². The topological polar surface area (TPSA) is 104 Å². The van der Waals surface area contributed by atoms with E-state index in [9.17, 15) is 14.9 Å². The molecule has 0 unspecified atom stereocenters. The lowest BCUT2D eigenvalue weighted by Gasteiger charge is -2.19. The second kappa shape index (κ2) is 8.11. The summed E-state index contributed by atoms with van der Waals surface area (Å²) in [5.74, 6) is -0.0289. The molecule has 126 valence electrons. The third kappa shape index (κ3) is 6.77. The first-order chi connectivity index (χ1) is 10.7. The number of ether oxygens (including phenoxy) is 2. The van der Waals surface area contributed by atoms with Crippen molar-refractivity contribution in [3.8, 4) is 5.88 Å². The van der Waals surface area contributed by atoms with E-state index in [0.717, 1.165) is 0 Å². The second-order valence-electron chi connectivity index (χ2n) is 5.67. The lowest BCUT2D eigenvalue weighted by Crippen LogP contribution is -2.32. The van der Waals surface area contributed by atoms with E-state index < -0.39 is 16.6 Å². The zero-order valence-corrected chi connectivity index (χ0v) is 13.7. The summed E-state index contributed by atoms with van der Waals surface area (Å²) in [5, 5.41) is 13.5. The van der Waals surface area contributed by atoms with E-state index >= 15 is 0 Å². The van der Waals surface area contributed by atoms with E-state index in [1.165, 1.54) is 19.4 Å². The molecule has 0 aliphatic heterocycles. The first kappa shape index (κ1) is 18.4. The number of hydrogen-bond acceptors (Lipinski definition) is 6. The van der Waals surface area contributed by atoms with Crippen LogP contribution < -0.4 is 10.1 Å². The van der Waals surface area contributed by atoms with Crippen molar-refractivity contribution in [2.45, 2.75) is 32.8 Å². The van der Waals surface area contributed by atoms with Crippen LogP contribution in [0.4, 0.5) is 10.5 Å². The predicted molar refractivity (Wildman–Crippen MR) is 85.3 cm³/mol. The van der Waals surface area contributed by atoms with Crippen LogP contribution in [-0.2, 0) is 4.74 Å². The van der Waals surface area contributed by atoms with E-state index in [1.54, 1.807) is 32.9 Å². The number of methoxy groups -OCH3 is 1. The van der Waals surface area contributed by atoms with Crippen LogP contribution in [0.2, 0.25) is 0 Å². The standard InChI is InChI=1S/C15H21N3O5/c1-15(2,3)23-14(19)16-8-6-5-7-11-9-12(18(20)21)13(22-4)17-10-11/h5,7,9-10H,6,8H2,1-4H3,(H,16,19). The lowest BCUT2D eigenvalue weighted by molar-refractivity contribution is -0.386. The normalized spacial score (nSPS) is 11.3. The molecule has 1 aromatic rings. The van der Waals surface area contributed by atoms with Gasteiger partial charge in [0.05, 0.1) is 12.0 Å². The molecule has 0 bridgehead atoms. The fourth-order valence-corrected chi connectivity index (χ4v) is 1.63. The SMILES string of the molecule is COc1ncc(C=CCCNC(=O)OC(C)(C)C)cc1[N+](=O)[O-]. The third-order valence-corrected chi connectivity index (χ3v) is 2.53. The van der Waals surface area contributed by atoms with Gasteiger partial charge in [-0.3, -0.25) is 10.1 Å². The number of nitrogens with zero attached hydrogens (tertiary/aromatic N) is 2. The van der Waals surface area contributed by atoms with Crippen molar-refractivity contribution in [3.63, 3.8) is 0 Å². The molecule has 1 amide bonds. The smallest absolute Gasteiger partial charge is 0.407 e. The average molecular weight is 323 g/mol. The number of nitrogens with one attached hydrogen (secondary N) is 1. The van der Waals surface area contributed by atoms with E-state index in [4.69, 9.17) is 9.47 Å². The van der Waals surface area contributed by atoms with Gasteiger partial charge in [0.25, 0.3) is 5.88 Å². The molecule has 8 nitrogen and oxygen atoms in total. The Morgan fingerprint density at radius 1 is 1.48 bits per heavy atom. The minimum atomic E-state index is -0.548. The number of alkyl carbamates (subject to hydrolysis) is 1. The van der Waals surface area contributed by atoms with Crippen LogP contribution >= 0.6 is 0 Å². The van der Waals surface area contributed by atoms with Gasteiger partial charge in [-0.05, 0) is 32.8 Å². The van der Waals surface area contributed by atoms with Crippen molar-refractivity contribution in [3.05, 3.63) is 34.0 Å². The molecule has 23 heavy (non-hydrogen) atoms. The highest BCUT2D eigenvalue weighted by atomic mass is 16.6. The van der Waals surface area contributed by atoms with Gasteiger partial charge in [-0.1, -0.05) is 12.2 Å². The third-order valence-electron chi connectivity index (χ3n) is 2.53. The number of pyridine rings is 1. The Hall–Kier alpha value is -2.64. The van der Waals surface area contributed by atoms with E-state index in [-0.39, 0.29) is 11.6 Å². The summed E-state index contributed by atoms with van der Waals surface area (Å²) in [6.07, 6.45) is 5.02. The molecule has 8 heteroatoms. The van der Waals surface area contributed by atoms with Crippen LogP contribution in [-0.4, -0.2) is 35.3 Å². The Kier molecular flexibility index (Phi) is 6.49. The van der Waals surface area contributed by atoms with Crippen molar-refractivity contribution in [2.75, 3.05) is 13.7 Å². The summed E-state index contributed by atoms with van der Waals surface area (Å²) in [5.41, 5.74) is -0.149. The molecule has 1 heterocycles. The van der Waals surface area contributed by atoms with Gasteiger partial charge >= 0.3 is 11.8 Å². The molecule has 0 atom stereocenters. The van der Waals surface area contributed by atoms with E-state index in [1.807, 2.05) is 0 Å². The monoisotopic (exact) mass is 323 g/mol. The van der Waals surface area contributed by atoms with Crippen LogP contribution in [0.25, 0.3) is 6.08 Å². The summed E-state index contributed by atoms with van der Waals surface area (Å²) >= 11 is 0. The molecule has 1 N–H and O–H groups in total. The summed E-state index contributed by atoms with van der Waals surface area (Å²) in [6.45, 7) is 5.76. The van der Waals surface area contributed by atoms with Crippen LogP contribution in [0.1, 0.15) is 32.8 Å². The fourth-order valence-electron chi connectivity index (χ4n) is 1.63. The molecule has 0 aromatic carbocycles. The molecule has 0 spiro atoms. The zero-order chi connectivity index (χ0) is 17.5. The molecule has 0 aliphatic carbocycles. The number of aromatic nitrogens is 1. The summed E-state index contributed by atoms with van der Waals surface area (Å²) in [6, 6.07) is 1.38. The lowest BCUT2D eigenvalue weighted by atomic mass is 10.2. The van der Waals surface area contributed by atoms with Crippen molar-refractivity contribution in [1.29, 1.82) is 0 Å². The van der Waals surface area contributed by atoms with Gasteiger partial charge in [0, 0.05) is 18.8 Å². The maximum absolute atomic E-state index is 11.4. The molecule has 0 radical (unpaired) electrons. The number of hydrogen-bond donors (Lipinski definition) is 1. The van der Waals surface area contributed by atoms with Gasteiger partial charge in [-0.25, -0.2) is 9.78 Å². The maximum atomic E-state index is 11.4. The Bertz CT molecular complexity index is 593. The van der Waals surface area contributed by atoms with E-state index in [0.29, 0.717) is 18.5 Å². The summed E-state index contributed by atoms with van der Waals surface area (Å²) < 4.78 is 9.93. The highest BCUT2D eigenvalue weighted by Gasteiger charge is 2.16. The number of rotatable bonds is 6. The van der Waals surface area contributed by atoms with Gasteiger partial charge in [0.1, 0.15) is 5.60 Å². The number of carbonyl (C=O) groups is 1. The number of carbonyl (C=O) groups excluding carboxylic acids is 1. The second-order valence-corrected chi connectivity index (χ2v) is 5.67. The van der Waals surface area contributed by atoms with Gasteiger partial charge in [0.2, 0.25) is 0 Å². The van der Waals surface area contributed by atoms with Gasteiger partial charge in [0.15, 0.2) is 0 Å². The van der Waals surface area contributed by atoms with Crippen LogP contribution in [0.5, 0.6) is 5.88 Å². The Labute approximate surface area is 134 Å². The molecule has 0 aliphatic rings. The minimum Gasteiger partial charge on any atom is -0.476 e. The summed E-state index contributed by atoms with van der Waals surface area (Å²) in [7, 11) is 1.33. The first-order valence-electron chi connectivity index (χ1n) is 7.05.